The Bertz CT molecular complexity index is 1000. The molecule has 7 rings (SSSR count). The molecule has 2 spiro atoms. The fourth-order valence-corrected chi connectivity index (χ4v) is 7.47. The third kappa shape index (κ3) is 3.70. The van der Waals surface area contributed by atoms with Gasteiger partial charge in [-0.25, -0.2) is 9.97 Å². The Morgan fingerprint density at radius 2 is 1.68 bits per heavy atom. The van der Waals surface area contributed by atoms with Crippen LogP contribution >= 0.6 is 0 Å². The lowest BCUT2D eigenvalue weighted by Gasteiger charge is -2.52. The fraction of sp³-hybridized carbons (Fsp3) is 0.643. The zero-order valence-electron chi connectivity index (χ0n) is 20.1. The van der Waals surface area contributed by atoms with E-state index in [4.69, 9.17) is 9.47 Å². The van der Waals surface area contributed by atoms with Crippen molar-refractivity contribution >= 4 is 5.69 Å². The van der Waals surface area contributed by atoms with E-state index in [1.807, 2.05) is 12.4 Å². The number of hydrogen-bond donors (Lipinski definition) is 0. The van der Waals surface area contributed by atoms with Gasteiger partial charge < -0.3 is 19.3 Å². The van der Waals surface area contributed by atoms with E-state index in [2.05, 4.69) is 44.0 Å². The van der Waals surface area contributed by atoms with Gasteiger partial charge in [0.1, 0.15) is 18.2 Å². The van der Waals surface area contributed by atoms with E-state index < -0.39 is 0 Å². The first-order valence-electron chi connectivity index (χ1n) is 13.3. The molecular weight excluding hydrogens is 424 g/mol. The molecule has 1 atom stereocenters. The normalized spacial score (nSPS) is 28.5. The average molecular weight is 461 g/mol. The Balaban J connectivity index is 0.927. The molecule has 34 heavy (non-hydrogen) atoms. The van der Waals surface area contributed by atoms with Gasteiger partial charge in [0, 0.05) is 30.0 Å². The van der Waals surface area contributed by atoms with Crippen molar-refractivity contribution in [1.82, 2.24) is 14.9 Å². The summed E-state index contributed by atoms with van der Waals surface area (Å²) in [5.74, 6) is 1.77. The van der Waals surface area contributed by atoms with Gasteiger partial charge in [-0.1, -0.05) is 18.2 Å². The molecule has 1 aromatic carbocycles. The smallest absolute Gasteiger partial charge is 0.123 e. The number of anilines is 1. The number of piperidine rings is 1. The molecule has 3 aliphatic heterocycles. The van der Waals surface area contributed by atoms with Crippen molar-refractivity contribution in [1.29, 1.82) is 0 Å². The van der Waals surface area contributed by atoms with Gasteiger partial charge in [-0.15, -0.1) is 0 Å². The summed E-state index contributed by atoms with van der Waals surface area (Å²) >= 11 is 0. The van der Waals surface area contributed by atoms with Crippen LogP contribution in [0.15, 0.2) is 43.0 Å². The summed E-state index contributed by atoms with van der Waals surface area (Å²) in [6.07, 6.45) is 14.8. The van der Waals surface area contributed by atoms with Crippen LogP contribution in [0.4, 0.5) is 5.69 Å². The predicted octanol–water partition coefficient (Wildman–Crippen LogP) is 4.27. The van der Waals surface area contributed by atoms with Gasteiger partial charge in [0.15, 0.2) is 0 Å². The third-order valence-electron chi connectivity index (χ3n) is 9.48. The maximum atomic E-state index is 6.51. The quantitative estimate of drug-likeness (QED) is 0.664. The standard InChI is InChI=1S/C28H36N4O2/c1-2-4-26(34-24-12-28(13-24)18-33-19-28)25(3-1)21-6-9-31(10-7-21)22-5-8-27(11-22)16-32(17-27)23-14-29-20-30-15-23/h1-4,14-15,20-22,24H,5-13,16-19H2/t22-/m1/s1. The van der Waals surface area contributed by atoms with Crippen LogP contribution < -0.4 is 9.64 Å². The highest BCUT2D eigenvalue weighted by Gasteiger charge is 2.51. The Morgan fingerprint density at radius 1 is 0.912 bits per heavy atom. The minimum Gasteiger partial charge on any atom is -0.490 e. The van der Waals surface area contributed by atoms with Gasteiger partial charge in [0.05, 0.1) is 31.3 Å². The number of ether oxygens (including phenoxy) is 2. The second kappa shape index (κ2) is 8.20. The average Bonchev–Trinajstić information content (AvgIpc) is 3.26. The SMILES string of the molecule is c1ccc(C2CCN([C@@H]3CCC4(C3)CN(c3cncnc3)C4)CC2)c(OC2CC3(COC3)C2)c1. The molecule has 5 fully saturated rings. The number of rotatable bonds is 5. The van der Waals surface area contributed by atoms with Crippen molar-refractivity contribution in [2.75, 3.05) is 44.3 Å². The van der Waals surface area contributed by atoms with Crippen LogP contribution in [0.1, 0.15) is 56.4 Å². The summed E-state index contributed by atoms with van der Waals surface area (Å²) in [7, 11) is 0. The summed E-state index contributed by atoms with van der Waals surface area (Å²) in [6.45, 7) is 6.67. The number of benzene rings is 1. The van der Waals surface area contributed by atoms with Crippen LogP contribution in [0.25, 0.3) is 0 Å². The molecule has 5 aliphatic rings. The lowest BCUT2D eigenvalue weighted by molar-refractivity contribution is -0.191. The van der Waals surface area contributed by atoms with Gasteiger partial charge in [0.2, 0.25) is 0 Å². The van der Waals surface area contributed by atoms with Crippen molar-refractivity contribution in [3.8, 4) is 5.75 Å². The number of para-hydroxylation sites is 1. The van der Waals surface area contributed by atoms with Gasteiger partial charge in [-0.3, -0.25) is 0 Å². The summed E-state index contributed by atoms with van der Waals surface area (Å²) < 4.78 is 11.9. The van der Waals surface area contributed by atoms with E-state index >= 15 is 0 Å². The molecule has 0 bridgehead atoms. The molecule has 0 amide bonds. The molecule has 2 saturated carbocycles. The van der Waals surface area contributed by atoms with Gasteiger partial charge >= 0.3 is 0 Å². The highest BCUT2D eigenvalue weighted by Crippen LogP contribution is 2.50. The second-order valence-corrected chi connectivity index (χ2v) is 11.8. The predicted molar refractivity (Wildman–Crippen MR) is 131 cm³/mol. The zero-order chi connectivity index (χ0) is 22.6. The molecule has 3 saturated heterocycles. The summed E-state index contributed by atoms with van der Waals surface area (Å²) in [4.78, 5) is 13.6. The Kier molecular flexibility index (Phi) is 5.09. The first-order valence-corrected chi connectivity index (χ1v) is 13.3. The largest absolute Gasteiger partial charge is 0.490 e. The fourth-order valence-electron chi connectivity index (χ4n) is 7.47. The van der Waals surface area contributed by atoms with Gasteiger partial charge in [-0.05, 0) is 75.6 Å². The van der Waals surface area contributed by atoms with Crippen molar-refractivity contribution in [3.05, 3.63) is 48.5 Å². The molecule has 6 heteroatoms. The molecule has 0 unspecified atom stereocenters. The van der Waals surface area contributed by atoms with Crippen molar-refractivity contribution in [2.24, 2.45) is 10.8 Å². The molecule has 1 aromatic heterocycles. The Morgan fingerprint density at radius 3 is 2.41 bits per heavy atom. The van der Waals surface area contributed by atoms with Crippen molar-refractivity contribution < 1.29 is 9.47 Å². The van der Waals surface area contributed by atoms with E-state index in [0.717, 1.165) is 37.8 Å². The zero-order valence-corrected chi connectivity index (χ0v) is 20.1. The van der Waals surface area contributed by atoms with Crippen LogP contribution in [0.5, 0.6) is 5.75 Å². The van der Waals surface area contributed by atoms with Crippen LogP contribution in [-0.2, 0) is 4.74 Å². The first-order chi connectivity index (χ1) is 16.7. The molecule has 2 aromatic rings. The summed E-state index contributed by atoms with van der Waals surface area (Å²) in [5, 5.41) is 0. The molecule has 0 radical (unpaired) electrons. The van der Waals surface area contributed by atoms with Crippen LogP contribution in [0.3, 0.4) is 0 Å². The topological polar surface area (TPSA) is 50.7 Å². The number of hydrogen-bond acceptors (Lipinski definition) is 6. The van der Waals surface area contributed by atoms with E-state index in [-0.39, 0.29) is 0 Å². The van der Waals surface area contributed by atoms with Crippen LogP contribution in [0, 0.1) is 10.8 Å². The van der Waals surface area contributed by atoms with Crippen molar-refractivity contribution in [3.63, 3.8) is 0 Å². The molecule has 4 heterocycles. The van der Waals surface area contributed by atoms with Crippen LogP contribution in [0.2, 0.25) is 0 Å². The highest BCUT2D eigenvalue weighted by molar-refractivity contribution is 5.46. The van der Waals surface area contributed by atoms with E-state index in [1.54, 1.807) is 6.33 Å². The van der Waals surface area contributed by atoms with Crippen LogP contribution in [-0.4, -0.2) is 66.4 Å². The highest BCUT2D eigenvalue weighted by atomic mass is 16.5. The Hall–Kier alpha value is -2.18. The van der Waals surface area contributed by atoms with Gasteiger partial charge in [-0.2, -0.15) is 0 Å². The maximum absolute atomic E-state index is 6.51. The second-order valence-electron chi connectivity index (χ2n) is 11.8. The third-order valence-corrected chi connectivity index (χ3v) is 9.48. The summed E-state index contributed by atoms with van der Waals surface area (Å²) in [6, 6.07) is 9.60. The number of nitrogens with zero attached hydrogens (tertiary/aromatic N) is 4. The number of aromatic nitrogens is 2. The van der Waals surface area contributed by atoms with Crippen molar-refractivity contribution in [2.45, 2.75) is 63.0 Å². The lowest BCUT2D eigenvalue weighted by atomic mass is 9.65. The van der Waals surface area contributed by atoms with Gasteiger partial charge in [0.25, 0.3) is 0 Å². The minimum absolute atomic E-state index is 0.379. The van der Waals surface area contributed by atoms with E-state index in [0.29, 0.717) is 22.9 Å². The van der Waals surface area contributed by atoms with E-state index in [9.17, 15) is 0 Å². The molecule has 6 nitrogen and oxygen atoms in total. The number of likely N-dealkylation sites (tertiary alicyclic amines) is 1. The first kappa shape index (κ1) is 21.1. The minimum atomic E-state index is 0.379. The molecular formula is C28H36N4O2. The Labute approximate surface area is 202 Å². The molecule has 180 valence electrons. The van der Waals surface area contributed by atoms with E-state index in [1.165, 1.54) is 69.5 Å². The monoisotopic (exact) mass is 460 g/mol. The molecule has 0 N–H and O–H groups in total. The molecule has 2 aliphatic carbocycles. The lowest BCUT2D eigenvalue weighted by Crippen LogP contribution is -2.56. The maximum Gasteiger partial charge on any atom is 0.123 e. The summed E-state index contributed by atoms with van der Waals surface area (Å²) in [5.41, 5.74) is 3.59.